The second-order valence-electron chi connectivity index (χ2n) is 8.74. The molecular weight excluding hydrogens is 468 g/mol. The van der Waals surface area contributed by atoms with Crippen molar-refractivity contribution in [1.82, 2.24) is 10.3 Å². The highest BCUT2D eigenvalue weighted by molar-refractivity contribution is 5.86. The summed E-state index contributed by atoms with van der Waals surface area (Å²) in [6.45, 7) is 4.89. The van der Waals surface area contributed by atoms with E-state index in [0.29, 0.717) is 31.1 Å². The Morgan fingerprint density at radius 2 is 1.76 bits per heavy atom. The molecule has 0 aliphatic rings. The fraction of sp³-hybridized carbons (Fsp3) is 0.267. The van der Waals surface area contributed by atoms with Crippen LogP contribution in [0, 0.1) is 0 Å². The van der Waals surface area contributed by atoms with Crippen LogP contribution in [0.15, 0.2) is 72.9 Å². The van der Waals surface area contributed by atoms with Gasteiger partial charge >= 0.3 is 5.97 Å². The number of amides is 1. The van der Waals surface area contributed by atoms with Gasteiger partial charge in [-0.15, -0.1) is 0 Å². The first-order chi connectivity index (χ1) is 18.0. The number of carboxylic acid groups (broad SMARTS) is 1. The molecule has 0 fully saturated rings. The van der Waals surface area contributed by atoms with Gasteiger partial charge in [-0.05, 0) is 61.2 Å². The molecule has 3 N–H and O–H groups in total. The van der Waals surface area contributed by atoms with Crippen molar-refractivity contribution in [2.75, 3.05) is 13.2 Å². The zero-order valence-corrected chi connectivity index (χ0v) is 21.1. The maximum atomic E-state index is 13.3. The molecule has 0 aliphatic heterocycles. The molecule has 1 heterocycles. The lowest BCUT2D eigenvalue weighted by Crippen LogP contribution is -2.31. The number of aromatic nitrogens is 1. The smallest absolute Gasteiger partial charge is 0.303 e. The van der Waals surface area contributed by atoms with Crippen LogP contribution in [0.2, 0.25) is 0 Å². The lowest BCUT2D eigenvalue weighted by Gasteiger charge is -2.23. The molecule has 4 rings (SSSR count). The number of carbonyl (C=O) groups is 2. The molecule has 0 spiro atoms. The minimum Gasteiger partial charge on any atom is -0.494 e. The van der Waals surface area contributed by atoms with Crippen LogP contribution >= 0.6 is 0 Å². The molecule has 37 heavy (non-hydrogen) atoms. The summed E-state index contributed by atoms with van der Waals surface area (Å²) < 4.78 is 11.6. The van der Waals surface area contributed by atoms with Crippen molar-refractivity contribution in [2.45, 2.75) is 39.2 Å². The number of benzene rings is 3. The molecular formula is C30H32N2O5. The third kappa shape index (κ3) is 6.50. The molecule has 1 unspecified atom stereocenters. The fourth-order valence-electron chi connectivity index (χ4n) is 4.46. The Bertz CT molecular complexity index is 1360. The quantitative estimate of drug-likeness (QED) is 0.241. The van der Waals surface area contributed by atoms with Gasteiger partial charge in [0.15, 0.2) is 0 Å². The van der Waals surface area contributed by atoms with Gasteiger partial charge in [-0.3, -0.25) is 9.59 Å². The summed E-state index contributed by atoms with van der Waals surface area (Å²) in [5.74, 6) is 0.412. The Hall–Kier alpha value is -4.26. The van der Waals surface area contributed by atoms with E-state index in [0.717, 1.165) is 33.2 Å². The molecule has 1 amide bonds. The number of carbonyl (C=O) groups excluding carboxylic acids is 1. The first-order valence-electron chi connectivity index (χ1n) is 12.5. The number of hydrogen-bond donors (Lipinski definition) is 3. The van der Waals surface area contributed by atoms with Crippen LogP contribution in [0.5, 0.6) is 11.5 Å². The average molecular weight is 501 g/mol. The molecule has 3 aromatic carbocycles. The van der Waals surface area contributed by atoms with Crippen molar-refractivity contribution in [2.24, 2.45) is 0 Å². The summed E-state index contributed by atoms with van der Waals surface area (Å²) >= 11 is 0. The summed E-state index contributed by atoms with van der Waals surface area (Å²) in [6, 6.07) is 20.9. The lowest BCUT2D eigenvalue weighted by atomic mass is 9.97. The highest BCUT2D eigenvalue weighted by Gasteiger charge is 2.22. The molecule has 0 radical (unpaired) electrons. The van der Waals surface area contributed by atoms with Gasteiger partial charge in [0.1, 0.15) is 11.5 Å². The summed E-state index contributed by atoms with van der Waals surface area (Å²) in [4.78, 5) is 27.5. The molecule has 7 nitrogen and oxygen atoms in total. The number of carboxylic acids is 1. The Morgan fingerprint density at radius 3 is 2.49 bits per heavy atom. The third-order valence-corrected chi connectivity index (χ3v) is 6.15. The SMILES string of the molecule is CCOc1ccc(C(NC(=O)Cc2ccc3[nH]cc(CCC(=O)O)c3c2)c2ccccc2)c(OCC)c1. The van der Waals surface area contributed by atoms with Crippen molar-refractivity contribution in [3.8, 4) is 11.5 Å². The van der Waals surface area contributed by atoms with E-state index in [1.165, 1.54) is 0 Å². The number of H-pyrrole nitrogens is 1. The summed E-state index contributed by atoms with van der Waals surface area (Å²) in [5, 5.41) is 13.2. The highest BCUT2D eigenvalue weighted by atomic mass is 16.5. The van der Waals surface area contributed by atoms with E-state index in [-0.39, 0.29) is 18.7 Å². The van der Waals surface area contributed by atoms with E-state index in [9.17, 15) is 9.59 Å². The molecule has 0 aliphatic carbocycles. The maximum absolute atomic E-state index is 13.3. The number of aryl methyl sites for hydroxylation is 1. The van der Waals surface area contributed by atoms with Crippen LogP contribution in [0.3, 0.4) is 0 Å². The monoisotopic (exact) mass is 500 g/mol. The molecule has 0 saturated carbocycles. The Balaban J connectivity index is 1.60. The number of aromatic amines is 1. The van der Waals surface area contributed by atoms with E-state index in [2.05, 4.69) is 10.3 Å². The zero-order valence-electron chi connectivity index (χ0n) is 21.1. The summed E-state index contributed by atoms with van der Waals surface area (Å²) in [7, 11) is 0. The Morgan fingerprint density at radius 1 is 0.973 bits per heavy atom. The summed E-state index contributed by atoms with van der Waals surface area (Å²) in [5.41, 5.74) is 4.49. The van der Waals surface area contributed by atoms with E-state index in [1.54, 1.807) is 0 Å². The lowest BCUT2D eigenvalue weighted by molar-refractivity contribution is -0.137. The predicted molar refractivity (Wildman–Crippen MR) is 143 cm³/mol. The summed E-state index contributed by atoms with van der Waals surface area (Å²) in [6.07, 6.45) is 2.51. The molecule has 192 valence electrons. The molecule has 1 atom stereocenters. The van der Waals surface area contributed by atoms with Crippen molar-refractivity contribution >= 4 is 22.8 Å². The molecule has 7 heteroatoms. The first kappa shape index (κ1) is 25.8. The van der Waals surface area contributed by atoms with Crippen LogP contribution in [-0.4, -0.2) is 35.2 Å². The minimum atomic E-state index is -0.836. The first-order valence-corrected chi connectivity index (χ1v) is 12.5. The van der Waals surface area contributed by atoms with Crippen LogP contribution < -0.4 is 14.8 Å². The van der Waals surface area contributed by atoms with Gasteiger partial charge in [0, 0.05) is 35.2 Å². The highest BCUT2D eigenvalue weighted by Crippen LogP contribution is 2.33. The molecule has 1 aromatic heterocycles. The van der Waals surface area contributed by atoms with Gasteiger partial charge in [0.2, 0.25) is 5.91 Å². The van der Waals surface area contributed by atoms with Gasteiger partial charge in [-0.25, -0.2) is 0 Å². The second-order valence-corrected chi connectivity index (χ2v) is 8.74. The van der Waals surface area contributed by atoms with Crippen LogP contribution in [0.4, 0.5) is 0 Å². The predicted octanol–water partition coefficient (Wildman–Crippen LogP) is 5.43. The maximum Gasteiger partial charge on any atom is 0.303 e. The van der Waals surface area contributed by atoms with E-state index in [1.807, 2.05) is 86.8 Å². The molecule has 4 aromatic rings. The Labute approximate surface area is 216 Å². The number of ether oxygens (including phenoxy) is 2. The number of aliphatic carboxylic acids is 1. The number of fused-ring (bicyclic) bond motifs is 1. The minimum absolute atomic E-state index is 0.0562. The zero-order chi connectivity index (χ0) is 26.2. The van der Waals surface area contributed by atoms with Gasteiger partial charge in [-0.2, -0.15) is 0 Å². The fourth-order valence-corrected chi connectivity index (χ4v) is 4.46. The van der Waals surface area contributed by atoms with Gasteiger partial charge in [0.05, 0.1) is 25.7 Å². The number of rotatable bonds is 12. The average Bonchev–Trinajstić information content (AvgIpc) is 3.29. The van der Waals surface area contributed by atoms with E-state index < -0.39 is 12.0 Å². The van der Waals surface area contributed by atoms with Crippen LogP contribution in [-0.2, 0) is 22.4 Å². The van der Waals surface area contributed by atoms with E-state index >= 15 is 0 Å². The molecule has 0 bridgehead atoms. The van der Waals surface area contributed by atoms with Crippen molar-refractivity contribution in [3.63, 3.8) is 0 Å². The van der Waals surface area contributed by atoms with Gasteiger partial charge in [-0.1, -0.05) is 36.4 Å². The number of hydrogen-bond acceptors (Lipinski definition) is 4. The second kappa shape index (κ2) is 12.1. The topological polar surface area (TPSA) is 101 Å². The molecule has 0 saturated heterocycles. The van der Waals surface area contributed by atoms with Crippen molar-refractivity contribution < 1.29 is 24.2 Å². The van der Waals surface area contributed by atoms with Crippen LogP contribution in [0.25, 0.3) is 10.9 Å². The Kier molecular flexibility index (Phi) is 8.46. The van der Waals surface area contributed by atoms with Crippen LogP contribution in [0.1, 0.15) is 48.6 Å². The number of nitrogens with one attached hydrogen (secondary N) is 2. The van der Waals surface area contributed by atoms with Crippen molar-refractivity contribution in [3.05, 3.63) is 95.2 Å². The van der Waals surface area contributed by atoms with E-state index in [4.69, 9.17) is 14.6 Å². The van der Waals surface area contributed by atoms with Gasteiger partial charge < -0.3 is 24.9 Å². The normalized spacial score (nSPS) is 11.7. The van der Waals surface area contributed by atoms with Crippen molar-refractivity contribution in [1.29, 1.82) is 0 Å². The largest absolute Gasteiger partial charge is 0.494 e. The standard InChI is InChI=1S/C30H32N2O5/c1-3-36-23-12-13-24(27(18-23)37-4-2)30(21-8-6-5-7-9-21)32-28(33)17-20-10-14-26-25(16-20)22(19-31-26)11-15-29(34)35/h5-10,12-14,16,18-19,30-31H,3-4,11,15,17H2,1-2H3,(H,32,33)(H,34,35). The van der Waals surface area contributed by atoms with Gasteiger partial charge in [0.25, 0.3) is 0 Å². The third-order valence-electron chi connectivity index (χ3n) is 6.15.